The fourth-order valence-electron chi connectivity index (χ4n) is 1.94. The van der Waals surface area contributed by atoms with Gasteiger partial charge in [0.05, 0.1) is 10.6 Å². The zero-order valence-electron chi connectivity index (χ0n) is 10.3. The van der Waals surface area contributed by atoms with Crippen LogP contribution in [0.4, 0.5) is 5.69 Å². The maximum atomic E-state index is 11.1. The minimum Gasteiger partial charge on any atom is -0.477 e. The summed E-state index contributed by atoms with van der Waals surface area (Å²) < 4.78 is 1.37. The van der Waals surface area contributed by atoms with Crippen LogP contribution < -0.4 is 0 Å². The van der Waals surface area contributed by atoms with E-state index in [1.54, 1.807) is 19.9 Å². The molecule has 1 heterocycles. The van der Waals surface area contributed by atoms with Crippen LogP contribution in [0.5, 0.6) is 0 Å². The number of carbonyl (C=O) groups is 1. The van der Waals surface area contributed by atoms with Gasteiger partial charge < -0.3 is 5.11 Å². The Balaban J connectivity index is 2.77. The highest BCUT2D eigenvalue weighted by atomic mass is 16.6. The van der Waals surface area contributed by atoms with E-state index in [2.05, 4.69) is 5.10 Å². The zero-order valence-corrected chi connectivity index (χ0v) is 10.3. The molecule has 7 heteroatoms. The van der Waals surface area contributed by atoms with Gasteiger partial charge in [-0.1, -0.05) is 6.07 Å². The molecule has 1 N–H and O–H groups in total. The lowest BCUT2D eigenvalue weighted by Crippen LogP contribution is -2.09. The molecule has 0 aliphatic heterocycles. The van der Waals surface area contributed by atoms with Gasteiger partial charge in [-0.05, 0) is 32.0 Å². The standard InChI is InChI=1S/C12H11N3O4/c1-7-6-8(2)14(13-7)10-5-3-4-9(12(16)17)11(10)15(18)19/h3-6H,1-2H3,(H,16,17). The van der Waals surface area contributed by atoms with Crippen LogP contribution in [0.3, 0.4) is 0 Å². The molecule has 2 rings (SSSR count). The summed E-state index contributed by atoms with van der Waals surface area (Å²) in [6, 6.07) is 5.90. The van der Waals surface area contributed by atoms with Crippen LogP contribution in [0.1, 0.15) is 21.7 Å². The number of nitro benzene ring substituents is 1. The van der Waals surface area contributed by atoms with Crippen molar-refractivity contribution in [3.63, 3.8) is 0 Å². The molecule has 0 spiro atoms. The predicted octanol–water partition coefficient (Wildman–Crippen LogP) is 2.10. The first-order valence-electron chi connectivity index (χ1n) is 5.46. The molecule has 0 unspecified atom stereocenters. The maximum Gasteiger partial charge on any atom is 0.342 e. The minimum absolute atomic E-state index is 0.149. The monoisotopic (exact) mass is 261 g/mol. The quantitative estimate of drug-likeness (QED) is 0.673. The molecule has 1 aromatic carbocycles. The highest BCUT2D eigenvalue weighted by Gasteiger charge is 2.26. The van der Waals surface area contributed by atoms with Gasteiger partial charge in [-0.25, -0.2) is 9.48 Å². The number of nitro groups is 1. The Hall–Kier alpha value is -2.70. The highest BCUT2D eigenvalue weighted by Crippen LogP contribution is 2.28. The molecule has 0 atom stereocenters. The molecule has 0 aliphatic carbocycles. The lowest BCUT2D eigenvalue weighted by Gasteiger charge is -2.07. The van der Waals surface area contributed by atoms with Crippen molar-refractivity contribution in [2.45, 2.75) is 13.8 Å². The van der Waals surface area contributed by atoms with Gasteiger partial charge >= 0.3 is 11.7 Å². The lowest BCUT2D eigenvalue weighted by molar-refractivity contribution is -0.385. The molecule has 2 aromatic rings. The van der Waals surface area contributed by atoms with Gasteiger partial charge in [-0.3, -0.25) is 10.1 Å². The number of carboxylic acids is 1. The molecular weight excluding hydrogens is 250 g/mol. The molecule has 0 bridgehead atoms. The zero-order chi connectivity index (χ0) is 14.2. The molecule has 19 heavy (non-hydrogen) atoms. The lowest BCUT2D eigenvalue weighted by atomic mass is 10.1. The van der Waals surface area contributed by atoms with Crippen LogP contribution in [0.2, 0.25) is 0 Å². The summed E-state index contributed by atoms with van der Waals surface area (Å²) in [5.41, 5.74) is 0.738. The van der Waals surface area contributed by atoms with E-state index in [-0.39, 0.29) is 11.3 Å². The summed E-state index contributed by atoms with van der Waals surface area (Å²) in [5.74, 6) is -1.34. The van der Waals surface area contributed by atoms with Gasteiger partial charge in [-0.2, -0.15) is 5.10 Å². The fraction of sp³-hybridized carbons (Fsp3) is 0.167. The van der Waals surface area contributed by atoms with E-state index < -0.39 is 16.6 Å². The Morgan fingerprint density at radius 1 is 1.42 bits per heavy atom. The number of hydrogen-bond acceptors (Lipinski definition) is 4. The van der Waals surface area contributed by atoms with Crippen LogP contribution in [0.15, 0.2) is 24.3 Å². The van der Waals surface area contributed by atoms with Gasteiger partial charge in [0.1, 0.15) is 11.3 Å². The topological polar surface area (TPSA) is 98.3 Å². The van der Waals surface area contributed by atoms with Crippen LogP contribution in [-0.2, 0) is 0 Å². The minimum atomic E-state index is -1.34. The Morgan fingerprint density at radius 3 is 2.58 bits per heavy atom. The number of aryl methyl sites for hydroxylation is 2. The molecule has 0 fully saturated rings. The summed E-state index contributed by atoms with van der Waals surface area (Å²) in [7, 11) is 0. The average molecular weight is 261 g/mol. The molecule has 0 radical (unpaired) electrons. The second-order valence-corrected chi connectivity index (χ2v) is 4.07. The fourth-order valence-corrected chi connectivity index (χ4v) is 1.94. The smallest absolute Gasteiger partial charge is 0.342 e. The van der Waals surface area contributed by atoms with E-state index in [0.717, 1.165) is 0 Å². The third-order valence-corrected chi connectivity index (χ3v) is 2.67. The first-order valence-corrected chi connectivity index (χ1v) is 5.46. The van der Waals surface area contributed by atoms with E-state index >= 15 is 0 Å². The summed E-state index contributed by atoms with van der Waals surface area (Å²) in [6.45, 7) is 3.51. The maximum absolute atomic E-state index is 11.1. The third kappa shape index (κ3) is 2.17. The summed E-state index contributed by atoms with van der Waals surface area (Å²) in [5, 5.41) is 24.3. The van der Waals surface area contributed by atoms with E-state index in [9.17, 15) is 14.9 Å². The molecule has 0 amide bonds. The van der Waals surface area contributed by atoms with Crippen molar-refractivity contribution in [2.75, 3.05) is 0 Å². The van der Waals surface area contributed by atoms with E-state index in [1.165, 1.54) is 22.9 Å². The summed E-state index contributed by atoms with van der Waals surface area (Å²) in [6.07, 6.45) is 0. The van der Waals surface area contributed by atoms with Gasteiger partial charge in [0.15, 0.2) is 0 Å². The SMILES string of the molecule is Cc1cc(C)n(-c2cccc(C(=O)O)c2[N+](=O)[O-])n1. The summed E-state index contributed by atoms with van der Waals surface area (Å²) >= 11 is 0. The van der Waals surface area contributed by atoms with E-state index in [0.29, 0.717) is 11.4 Å². The Bertz CT molecular complexity index is 676. The highest BCUT2D eigenvalue weighted by molar-refractivity contribution is 5.94. The van der Waals surface area contributed by atoms with Crippen molar-refractivity contribution < 1.29 is 14.8 Å². The number of benzene rings is 1. The van der Waals surface area contributed by atoms with Crippen LogP contribution in [0.25, 0.3) is 5.69 Å². The second-order valence-electron chi connectivity index (χ2n) is 4.07. The number of carboxylic acid groups (broad SMARTS) is 1. The predicted molar refractivity (Wildman–Crippen MR) is 66.7 cm³/mol. The molecule has 0 saturated carbocycles. The van der Waals surface area contributed by atoms with E-state index in [1.807, 2.05) is 0 Å². The molecule has 98 valence electrons. The number of rotatable bonds is 3. The largest absolute Gasteiger partial charge is 0.477 e. The van der Waals surface area contributed by atoms with Gasteiger partial charge in [0, 0.05) is 5.69 Å². The van der Waals surface area contributed by atoms with Crippen molar-refractivity contribution >= 4 is 11.7 Å². The number of aromatic nitrogens is 2. The molecule has 1 aromatic heterocycles. The van der Waals surface area contributed by atoms with Gasteiger partial charge in [0.2, 0.25) is 0 Å². The number of hydrogen-bond donors (Lipinski definition) is 1. The normalized spacial score (nSPS) is 10.4. The Labute approximate surface area is 108 Å². The number of aromatic carboxylic acids is 1. The third-order valence-electron chi connectivity index (χ3n) is 2.67. The average Bonchev–Trinajstić information content (AvgIpc) is 2.67. The molecular formula is C12H11N3O4. The first kappa shape index (κ1) is 12.7. The Morgan fingerprint density at radius 2 is 2.11 bits per heavy atom. The van der Waals surface area contributed by atoms with Crippen molar-refractivity contribution in [1.82, 2.24) is 9.78 Å². The van der Waals surface area contributed by atoms with Gasteiger partial charge in [0.25, 0.3) is 0 Å². The van der Waals surface area contributed by atoms with Crippen molar-refractivity contribution in [2.24, 2.45) is 0 Å². The van der Waals surface area contributed by atoms with E-state index in [4.69, 9.17) is 5.11 Å². The first-order chi connectivity index (χ1) is 8.91. The number of para-hydroxylation sites is 1. The van der Waals surface area contributed by atoms with Crippen LogP contribution in [-0.4, -0.2) is 25.8 Å². The molecule has 7 nitrogen and oxygen atoms in total. The van der Waals surface area contributed by atoms with Crippen molar-refractivity contribution in [1.29, 1.82) is 0 Å². The number of nitrogens with zero attached hydrogens (tertiary/aromatic N) is 3. The van der Waals surface area contributed by atoms with Crippen molar-refractivity contribution in [3.05, 3.63) is 51.3 Å². The second kappa shape index (κ2) is 4.52. The van der Waals surface area contributed by atoms with Gasteiger partial charge in [-0.15, -0.1) is 0 Å². The summed E-state index contributed by atoms with van der Waals surface area (Å²) in [4.78, 5) is 21.5. The molecule has 0 saturated heterocycles. The Kier molecular flexibility index (Phi) is 3.04. The van der Waals surface area contributed by atoms with Crippen LogP contribution >= 0.6 is 0 Å². The van der Waals surface area contributed by atoms with Crippen molar-refractivity contribution in [3.8, 4) is 5.69 Å². The van der Waals surface area contributed by atoms with Crippen LogP contribution in [0, 0.1) is 24.0 Å². The molecule has 0 aliphatic rings.